The van der Waals surface area contributed by atoms with Gasteiger partial charge in [0.15, 0.2) is 0 Å². The predicted molar refractivity (Wildman–Crippen MR) is 70.6 cm³/mol. The maximum atomic E-state index is 13.8. The Hall–Kier alpha value is -1.72. The fraction of sp³-hybridized carbons (Fsp3) is 0.231. The molecule has 0 saturated heterocycles. The molecule has 1 aromatic carbocycles. The van der Waals surface area contributed by atoms with E-state index in [9.17, 15) is 4.39 Å². The number of hydrogen-bond donors (Lipinski definition) is 1. The summed E-state index contributed by atoms with van der Waals surface area (Å²) in [5.74, 6) is -0.111. The lowest BCUT2D eigenvalue weighted by atomic mass is 10.0. The summed E-state index contributed by atoms with van der Waals surface area (Å²) in [6, 6.07) is 4.30. The summed E-state index contributed by atoms with van der Waals surface area (Å²) in [5.41, 5.74) is 6.96. The van der Waals surface area contributed by atoms with Gasteiger partial charge in [-0.2, -0.15) is 0 Å². The highest BCUT2D eigenvalue weighted by atomic mass is 35.5. The van der Waals surface area contributed by atoms with Gasteiger partial charge in [-0.3, -0.25) is 4.98 Å². The number of nitrogens with two attached hydrogens (primary N) is 1. The third kappa shape index (κ3) is 3.00. The second-order valence-corrected chi connectivity index (χ2v) is 4.38. The van der Waals surface area contributed by atoms with E-state index in [2.05, 4.69) is 9.97 Å². The van der Waals surface area contributed by atoms with Crippen LogP contribution in [0.2, 0.25) is 5.02 Å². The van der Waals surface area contributed by atoms with Crippen LogP contribution < -0.4 is 10.5 Å². The minimum absolute atomic E-state index is 0.0795. The van der Waals surface area contributed by atoms with Gasteiger partial charge in [-0.1, -0.05) is 23.7 Å². The first-order valence-electron chi connectivity index (χ1n) is 5.67. The van der Waals surface area contributed by atoms with Crippen LogP contribution in [0.3, 0.4) is 0 Å². The van der Waals surface area contributed by atoms with Gasteiger partial charge in [0.2, 0.25) is 5.88 Å². The second-order valence-electron chi connectivity index (χ2n) is 3.97. The zero-order valence-electron chi connectivity index (χ0n) is 10.3. The Morgan fingerprint density at radius 1 is 1.37 bits per heavy atom. The monoisotopic (exact) mass is 281 g/mol. The smallest absolute Gasteiger partial charge is 0.236 e. The molecule has 0 fully saturated rings. The largest absolute Gasteiger partial charge is 0.480 e. The molecular formula is C13H13ClFN3O. The van der Waals surface area contributed by atoms with Crippen LogP contribution in [0.25, 0.3) is 0 Å². The standard InChI is InChI=1S/C13H13ClFN3O/c1-19-13-12(17-5-6-18-13)10(16)7-8-3-2-4-9(14)11(8)15/h2-6,10H,7,16H2,1H3. The number of rotatable bonds is 4. The number of methoxy groups -OCH3 is 1. The molecule has 19 heavy (non-hydrogen) atoms. The molecule has 0 aliphatic carbocycles. The molecule has 1 unspecified atom stereocenters. The number of hydrogen-bond acceptors (Lipinski definition) is 4. The van der Waals surface area contributed by atoms with Crippen LogP contribution >= 0.6 is 11.6 Å². The van der Waals surface area contributed by atoms with Gasteiger partial charge in [-0.15, -0.1) is 0 Å². The van der Waals surface area contributed by atoms with Crippen LogP contribution in [0.15, 0.2) is 30.6 Å². The van der Waals surface area contributed by atoms with Crippen molar-refractivity contribution in [3.63, 3.8) is 0 Å². The first-order valence-corrected chi connectivity index (χ1v) is 6.04. The van der Waals surface area contributed by atoms with Crippen molar-refractivity contribution in [1.82, 2.24) is 9.97 Å². The Bertz CT molecular complexity index is 580. The number of halogens is 2. The van der Waals surface area contributed by atoms with Gasteiger partial charge in [-0.05, 0) is 18.1 Å². The van der Waals surface area contributed by atoms with Crippen LogP contribution in [0, 0.1) is 5.82 Å². The number of benzene rings is 1. The van der Waals surface area contributed by atoms with E-state index in [-0.39, 0.29) is 11.4 Å². The molecule has 1 heterocycles. The first-order chi connectivity index (χ1) is 9.13. The first kappa shape index (κ1) is 13.7. The van der Waals surface area contributed by atoms with Crippen molar-refractivity contribution in [3.05, 3.63) is 52.7 Å². The molecule has 6 heteroatoms. The van der Waals surface area contributed by atoms with Gasteiger partial charge in [0, 0.05) is 12.4 Å². The summed E-state index contributed by atoms with van der Waals surface area (Å²) in [7, 11) is 1.49. The van der Waals surface area contributed by atoms with Gasteiger partial charge < -0.3 is 10.5 Å². The molecule has 2 rings (SSSR count). The molecule has 4 nitrogen and oxygen atoms in total. The lowest BCUT2D eigenvalue weighted by molar-refractivity contribution is 0.384. The third-order valence-corrected chi connectivity index (χ3v) is 3.00. The summed E-state index contributed by atoms with van der Waals surface area (Å²) in [4.78, 5) is 8.15. The van der Waals surface area contributed by atoms with E-state index in [1.807, 2.05) is 0 Å². The van der Waals surface area contributed by atoms with Crippen LogP contribution in [0.1, 0.15) is 17.3 Å². The summed E-state index contributed by atoms with van der Waals surface area (Å²) in [5, 5.41) is 0.0795. The lowest BCUT2D eigenvalue weighted by Crippen LogP contribution is -2.17. The molecular weight excluding hydrogens is 269 g/mol. The van der Waals surface area contributed by atoms with Crippen LogP contribution in [-0.4, -0.2) is 17.1 Å². The molecule has 0 saturated carbocycles. The summed E-state index contributed by atoms with van der Waals surface area (Å²) in [6.07, 6.45) is 3.29. The van der Waals surface area contributed by atoms with Crippen molar-refractivity contribution < 1.29 is 9.13 Å². The number of nitrogens with zero attached hydrogens (tertiary/aromatic N) is 2. The highest BCUT2D eigenvalue weighted by molar-refractivity contribution is 6.30. The highest BCUT2D eigenvalue weighted by Gasteiger charge is 2.17. The maximum absolute atomic E-state index is 13.8. The summed E-state index contributed by atoms with van der Waals surface area (Å²) < 4.78 is 18.9. The van der Waals surface area contributed by atoms with E-state index in [0.29, 0.717) is 17.1 Å². The van der Waals surface area contributed by atoms with Gasteiger partial charge in [-0.25, -0.2) is 9.37 Å². The topological polar surface area (TPSA) is 61.0 Å². The molecule has 2 N–H and O–H groups in total. The van der Waals surface area contributed by atoms with Gasteiger partial charge in [0.25, 0.3) is 0 Å². The van der Waals surface area contributed by atoms with Crippen LogP contribution in [-0.2, 0) is 6.42 Å². The fourth-order valence-electron chi connectivity index (χ4n) is 1.79. The molecule has 100 valence electrons. The molecule has 0 radical (unpaired) electrons. The van der Waals surface area contributed by atoms with Crippen molar-refractivity contribution in [3.8, 4) is 5.88 Å². The van der Waals surface area contributed by atoms with E-state index in [1.165, 1.54) is 25.6 Å². The van der Waals surface area contributed by atoms with E-state index in [0.717, 1.165) is 0 Å². The Kier molecular flexibility index (Phi) is 4.29. The quantitative estimate of drug-likeness (QED) is 0.935. The fourth-order valence-corrected chi connectivity index (χ4v) is 1.98. The molecule has 0 amide bonds. The van der Waals surface area contributed by atoms with Crippen molar-refractivity contribution in [2.75, 3.05) is 7.11 Å². The maximum Gasteiger partial charge on any atom is 0.236 e. The Morgan fingerprint density at radius 3 is 2.84 bits per heavy atom. The summed E-state index contributed by atoms with van der Waals surface area (Å²) >= 11 is 5.73. The van der Waals surface area contributed by atoms with Crippen molar-refractivity contribution in [2.45, 2.75) is 12.5 Å². The Labute approximate surface area is 115 Å². The Balaban J connectivity index is 2.26. The number of ether oxygens (including phenoxy) is 1. The average Bonchev–Trinajstić information content (AvgIpc) is 2.43. The Morgan fingerprint density at radius 2 is 2.11 bits per heavy atom. The average molecular weight is 282 g/mol. The van der Waals surface area contributed by atoms with Crippen LogP contribution in [0.5, 0.6) is 5.88 Å². The molecule has 1 atom stereocenters. The van der Waals surface area contributed by atoms with Gasteiger partial charge in [0.05, 0.1) is 18.2 Å². The molecule has 0 aliphatic heterocycles. The van der Waals surface area contributed by atoms with E-state index < -0.39 is 11.9 Å². The molecule has 0 spiro atoms. The van der Waals surface area contributed by atoms with Gasteiger partial charge >= 0.3 is 0 Å². The second kappa shape index (κ2) is 5.95. The van der Waals surface area contributed by atoms with Crippen molar-refractivity contribution in [2.24, 2.45) is 5.73 Å². The van der Waals surface area contributed by atoms with Gasteiger partial charge in [0.1, 0.15) is 11.5 Å². The van der Waals surface area contributed by atoms with Crippen molar-refractivity contribution >= 4 is 11.6 Å². The normalized spacial score (nSPS) is 12.2. The molecule has 1 aromatic heterocycles. The third-order valence-electron chi connectivity index (χ3n) is 2.71. The summed E-state index contributed by atoms with van der Waals surface area (Å²) in [6.45, 7) is 0. The van der Waals surface area contributed by atoms with E-state index in [1.54, 1.807) is 12.1 Å². The molecule has 0 bridgehead atoms. The van der Waals surface area contributed by atoms with E-state index in [4.69, 9.17) is 22.1 Å². The highest BCUT2D eigenvalue weighted by Crippen LogP contribution is 2.25. The SMILES string of the molecule is COc1nccnc1C(N)Cc1cccc(Cl)c1F. The van der Waals surface area contributed by atoms with E-state index >= 15 is 0 Å². The zero-order valence-corrected chi connectivity index (χ0v) is 11.1. The molecule has 2 aromatic rings. The zero-order chi connectivity index (χ0) is 13.8. The predicted octanol–water partition coefficient (Wildman–Crippen LogP) is 2.52. The number of aromatic nitrogens is 2. The minimum Gasteiger partial charge on any atom is -0.480 e. The lowest BCUT2D eigenvalue weighted by Gasteiger charge is -2.14. The van der Waals surface area contributed by atoms with Crippen molar-refractivity contribution in [1.29, 1.82) is 0 Å². The minimum atomic E-state index is -0.517. The molecule has 0 aliphatic rings. The van der Waals surface area contributed by atoms with Crippen LogP contribution in [0.4, 0.5) is 4.39 Å².